The van der Waals surface area contributed by atoms with E-state index in [9.17, 15) is 4.79 Å². The fourth-order valence-corrected chi connectivity index (χ4v) is 2.59. The molecule has 1 saturated carbocycles. The monoisotopic (exact) mass is 275 g/mol. The van der Waals surface area contributed by atoms with Crippen LogP contribution in [0.3, 0.4) is 0 Å². The molecule has 106 valence electrons. The van der Waals surface area contributed by atoms with Crippen molar-refractivity contribution >= 4 is 18.3 Å². The van der Waals surface area contributed by atoms with Gasteiger partial charge in [-0.15, -0.1) is 12.4 Å². The molecule has 0 spiro atoms. The van der Waals surface area contributed by atoms with E-state index in [1.54, 1.807) is 0 Å². The fourth-order valence-electron chi connectivity index (χ4n) is 2.59. The van der Waals surface area contributed by atoms with Crippen LogP contribution in [-0.2, 0) is 4.79 Å². The lowest BCUT2D eigenvalue weighted by atomic mass is 9.70. The molecule has 1 saturated heterocycles. The van der Waals surface area contributed by atoms with Crippen molar-refractivity contribution < 1.29 is 4.79 Å². The van der Waals surface area contributed by atoms with E-state index in [4.69, 9.17) is 0 Å². The van der Waals surface area contributed by atoms with E-state index in [2.05, 4.69) is 22.5 Å². The number of carbonyl (C=O) groups excluding carboxylic acids is 1. The quantitative estimate of drug-likeness (QED) is 0.736. The van der Waals surface area contributed by atoms with E-state index < -0.39 is 0 Å². The number of nitrogens with one attached hydrogen (secondary N) is 2. The van der Waals surface area contributed by atoms with Crippen LogP contribution >= 0.6 is 12.4 Å². The molecular weight excluding hydrogens is 250 g/mol. The molecule has 0 atom stereocenters. The molecule has 0 radical (unpaired) electrons. The number of hydrogen-bond acceptors (Lipinski definition) is 3. The summed E-state index contributed by atoms with van der Waals surface area (Å²) in [5.41, 5.74) is -0.0466. The average molecular weight is 276 g/mol. The van der Waals surface area contributed by atoms with Crippen molar-refractivity contribution in [2.75, 3.05) is 39.3 Å². The molecule has 0 unspecified atom stereocenters. The summed E-state index contributed by atoms with van der Waals surface area (Å²) in [6.07, 6.45) is 4.42. The van der Waals surface area contributed by atoms with Gasteiger partial charge in [-0.3, -0.25) is 4.79 Å². The zero-order chi connectivity index (χ0) is 12.1. The van der Waals surface area contributed by atoms with Crippen LogP contribution in [0.25, 0.3) is 0 Å². The second-order valence-corrected chi connectivity index (χ2v) is 5.62. The van der Waals surface area contributed by atoms with Gasteiger partial charge in [0.15, 0.2) is 0 Å². The van der Waals surface area contributed by atoms with Crippen molar-refractivity contribution in [3.8, 4) is 0 Å². The minimum Gasteiger partial charge on any atom is -0.356 e. The van der Waals surface area contributed by atoms with Crippen molar-refractivity contribution in [3.05, 3.63) is 0 Å². The number of halogens is 1. The largest absolute Gasteiger partial charge is 0.356 e. The molecule has 0 aromatic carbocycles. The smallest absolute Gasteiger partial charge is 0.225 e. The summed E-state index contributed by atoms with van der Waals surface area (Å²) in [5, 5.41) is 6.43. The zero-order valence-corrected chi connectivity index (χ0v) is 12.2. The summed E-state index contributed by atoms with van der Waals surface area (Å²) in [7, 11) is 0. The van der Waals surface area contributed by atoms with Crippen LogP contribution in [-0.4, -0.2) is 50.1 Å². The second kappa shape index (κ2) is 7.31. The molecule has 4 nitrogen and oxygen atoms in total. The molecule has 1 aliphatic heterocycles. The molecular formula is C13H26ClN3O. The van der Waals surface area contributed by atoms with Crippen molar-refractivity contribution in [3.63, 3.8) is 0 Å². The van der Waals surface area contributed by atoms with Gasteiger partial charge in [0, 0.05) is 38.1 Å². The van der Waals surface area contributed by atoms with E-state index >= 15 is 0 Å². The maximum absolute atomic E-state index is 11.9. The van der Waals surface area contributed by atoms with Crippen LogP contribution in [0.1, 0.15) is 32.6 Å². The van der Waals surface area contributed by atoms with Gasteiger partial charge in [0.2, 0.25) is 5.91 Å². The van der Waals surface area contributed by atoms with Gasteiger partial charge in [-0.25, -0.2) is 0 Å². The lowest BCUT2D eigenvalue weighted by Crippen LogP contribution is -2.46. The van der Waals surface area contributed by atoms with Gasteiger partial charge in [-0.05, 0) is 25.8 Å². The molecule has 0 bridgehead atoms. The molecule has 5 heteroatoms. The van der Waals surface area contributed by atoms with Crippen LogP contribution in [0.5, 0.6) is 0 Å². The molecule has 2 aliphatic rings. The minimum absolute atomic E-state index is 0. The summed E-state index contributed by atoms with van der Waals surface area (Å²) in [5.74, 6) is 0.268. The number of carbonyl (C=O) groups is 1. The minimum atomic E-state index is -0.0466. The average Bonchev–Trinajstić information content (AvgIpc) is 2.32. The molecule has 2 rings (SSSR count). The summed E-state index contributed by atoms with van der Waals surface area (Å²) in [6, 6.07) is 0. The number of rotatable bonds is 5. The summed E-state index contributed by atoms with van der Waals surface area (Å²) in [6.45, 7) is 8.52. The lowest BCUT2D eigenvalue weighted by Gasteiger charge is -2.36. The van der Waals surface area contributed by atoms with Gasteiger partial charge < -0.3 is 15.5 Å². The van der Waals surface area contributed by atoms with Crippen LogP contribution < -0.4 is 10.6 Å². The van der Waals surface area contributed by atoms with Crippen molar-refractivity contribution in [1.29, 1.82) is 0 Å². The summed E-state index contributed by atoms with van der Waals surface area (Å²) in [4.78, 5) is 14.3. The van der Waals surface area contributed by atoms with Crippen LogP contribution in [0, 0.1) is 5.41 Å². The molecule has 2 fully saturated rings. The summed E-state index contributed by atoms with van der Waals surface area (Å²) < 4.78 is 0. The Labute approximate surface area is 116 Å². The van der Waals surface area contributed by atoms with Crippen molar-refractivity contribution in [2.45, 2.75) is 32.6 Å². The predicted octanol–water partition coefficient (Wildman–Crippen LogP) is 1.01. The van der Waals surface area contributed by atoms with Crippen molar-refractivity contribution in [2.24, 2.45) is 5.41 Å². The maximum Gasteiger partial charge on any atom is 0.225 e. The highest BCUT2D eigenvalue weighted by Gasteiger charge is 2.38. The molecule has 1 heterocycles. The van der Waals surface area contributed by atoms with Gasteiger partial charge in [0.1, 0.15) is 0 Å². The van der Waals surface area contributed by atoms with Gasteiger partial charge in [0.25, 0.3) is 0 Å². The first-order valence-corrected chi connectivity index (χ1v) is 6.92. The highest BCUT2D eigenvalue weighted by atomic mass is 35.5. The van der Waals surface area contributed by atoms with Gasteiger partial charge >= 0.3 is 0 Å². The van der Waals surface area contributed by atoms with E-state index in [1.807, 2.05) is 0 Å². The first-order chi connectivity index (χ1) is 8.21. The molecule has 1 aliphatic carbocycles. The third-order valence-electron chi connectivity index (χ3n) is 4.15. The highest BCUT2D eigenvalue weighted by molar-refractivity contribution is 5.85. The maximum atomic E-state index is 11.9. The molecule has 0 aromatic heterocycles. The number of nitrogens with zero attached hydrogens (tertiary/aromatic N) is 1. The van der Waals surface area contributed by atoms with E-state index in [-0.39, 0.29) is 23.7 Å². The van der Waals surface area contributed by atoms with Crippen LogP contribution in [0.4, 0.5) is 0 Å². The Kier molecular flexibility index (Phi) is 6.39. The topological polar surface area (TPSA) is 44.4 Å². The van der Waals surface area contributed by atoms with Gasteiger partial charge in [-0.2, -0.15) is 0 Å². The second-order valence-electron chi connectivity index (χ2n) is 5.62. The molecule has 1 amide bonds. The number of hydrogen-bond donors (Lipinski definition) is 2. The molecule has 2 N–H and O–H groups in total. The van der Waals surface area contributed by atoms with E-state index in [0.29, 0.717) is 0 Å². The van der Waals surface area contributed by atoms with Crippen LogP contribution in [0.2, 0.25) is 0 Å². The Morgan fingerprint density at radius 1 is 1.33 bits per heavy atom. The van der Waals surface area contributed by atoms with E-state index in [1.165, 1.54) is 6.42 Å². The molecule has 0 aromatic rings. The Morgan fingerprint density at radius 2 is 2.00 bits per heavy atom. The Bertz CT molecular complexity index is 263. The van der Waals surface area contributed by atoms with Crippen LogP contribution in [0.15, 0.2) is 0 Å². The fraction of sp³-hybridized carbons (Fsp3) is 0.923. The zero-order valence-electron chi connectivity index (χ0n) is 11.3. The third kappa shape index (κ3) is 4.11. The number of piperazine rings is 1. The standard InChI is InChI=1S/C13H25N3O.ClH/c1-13(4-2-5-13)12(17)15-6-3-9-16-10-7-14-8-11-16;/h14H,2-11H2,1H3,(H,15,17);1H. The Hall–Kier alpha value is -0.320. The first-order valence-electron chi connectivity index (χ1n) is 6.92. The predicted molar refractivity (Wildman–Crippen MR) is 76.1 cm³/mol. The Balaban J connectivity index is 0.00000162. The number of amides is 1. The molecule has 18 heavy (non-hydrogen) atoms. The highest BCUT2D eigenvalue weighted by Crippen LogP contribution is 2.40. The summed E-state index contributed by atoms with van der Waals surface area (Å²) >= 11 is 0. The van der Waals surface area contributed by atoms with Gasteiger partial charge in [0.05, 0.1) is 0 Å². The van der Waals surface area contributed by atoms with Gasteiger partial charge in [-0.1, -0.05) is 13.3 Å². The van der Waals surface area contributed by atoms with Crippen molar-refractivity contribution in [1.82, 2.24) is 15.5 Å². The third-order valence-corrected chi connectivity index (χ3v) is 4.15. The first kappa shape index (κ1) is 15.7. The Morgan fingerprint density at radius 3 is 2.56 bits per heavy atom. The van der Waals surface area contributed by atoms with E-state index in [0.717, 1.165) is 58.5 Å². The SMILES string of the molecule is CC1(C(=O)NCCCN2CCNCC2)CCC1.Cl. The lowest BCUT2D eigenvalue weighted by molar-refractivity contribution is -0.134. The normalized spacial score (nSPS) is 22.7.